The maximum Gasteiger partial charge on any atom is 0.325 e. The van der Waals surface area contributed by atoms with Gasteiger partial charge in [-0.3, -0.25) is 29.3 Å². The molecule has 13 nitrogen and oxygen atoms in total. The zero-order chi connectivity index (χ0) is 24.9. The highest BCUT2D eigenvalue weighted by atomic mass is 16.6. The number of pyridine rings is 1. The number of amides is 3. The molecule has 0 spiro atoms. The van der Waals surface area contributed by atoms with Gasteiger partial charge < -0.3 is 26.0 Å². The van der Waals surface area contributed by atoms with E-state index in [4.69, 9.17) is 0 Å². The summed E-state index contributed by atoms with van der Waals surface area (Å²) in [7, 11) is 0. The van der Waals surface area contributed by atoms with Gasteiger partial charge in [-0.25, -0.2) is 4.98 Å². The Bertz CT molecular complexity index is 1090. The van der Waals surface area contributed by atoms with Gasteiger partial charge in [0.2, 0.25) is 11.7 Å². The smallest absolute Gasteiger partial charge is 0.325 e. The summed E-state index contributed by atoms with van der Waals surface area (Å²) in [6.07, 6.45) is 2.32. The zero-order valence-electron chi connectivity index (χ0n) is 18.1. The largest absolute Gasteiger partial charge is 0.465 e. The Morgan fingerprint density at radius 1 is 1.06 bits per heavy atom. The van der Waals surface area contributed by atoms with Gasteiger partial charge in [0.1, 0.15) is 12.2 Å². The Morgan fingerprint density at radius 3 is 2.47 bits per heavy atom. The number of aromatic nitrogens is 1. The molecule has 0 saturated carbocycles. The molecule has 2 rings (SSSR count). The second-order valence-corrected chi connectivity index (χ2v) is 6.42. The highest BCUT2D eigenvalue weighted by molar-refractivity contribution is 6.03. The van der Waals surface area contributed by atoms with Crippen LogP contribution in [0.4, 0.5) is 11.5 Å². The van der Waals surface area contributed by atoms with E-state index in [0.29, 0.717) is 0 Å². The van der Waals surface area contributed by atoms with E-state index in [-0.39, 0.29) is 35.9 Å². The number of anilines is 1. The molecule has 34 heavy (non-hydrogen) atoms. The van der Waals surface area contributed by atoms with Gasteiger partial charge in [-0.1, -0.05) is 18.2 Å². The monoisotopic (exact) mass is 470 g/mol. The molecule has 0 aliphatic rings. The Hall–Kier alpha value is -4.81. The first-order valence-electron chi connectivity index (χ1n) is 9.94. The number of rotatable bonds is 11. The van der Waals surface area contributed by atoms with Crippen LogP contribution in [0.2, 0.25) is 0 Å². The van der Waals surface area contributed by atoms with E-state index in [1.807, 2.05) is 0 Å². The summed E-state index contributed by atoms with van der Waals surface area (Å²) in [4.78, 5) is 62.7. The molecule has 0 radical (unpaired) electrons. The number of hydrogen-bond donors (Lipinski definition) is 4. The van der Waals surface area contributed by atoms with Crippen LogP contribution in [0.5, 0.6) is 0 Å². The lowest BCUT2D eigenvalue weighted by Gasteiger charge is -2.12. The first kappa shape index (κ1) is 25.5. The molecular formula is C21H22N6O7. The van der Waals surface area contributed by atoms with Crippen molar-refractivity contribution in [1.82, 2.24) is 20.9 Å². The second-order valence-electron chi connectivity index (χ2n) is 6.42. The molecule has 13 heteroatoms. The van der Waals surface area contributed by atoms with Crippen LogP contribution >= 0.6 is 0 Å². The molecule has 1 heterocycles. The number of esters is 1. The fourth-order valence-corrected chi connectivity index (χ4v) is 2.44. The van der Waals surface area contributed by atoms with E-state index < -0.39 is 35.2 Å². The Labute approximate surface area is 193 Å². The van der Waals surface area contributed by atoms with Crippen LogP contribution in [0.1, 0.15) is 17.3 Å². The molecule has 2 aromatic rings. The van der Waals surface area contributed by atoms with Gasteiger partial charge in [0, 0.05) is 24.0 Å². The number of carbonyl (C=O) groups excluding carboxylic acids is 4. The van der Waals surface area contributed by atoms with E-state index in [1.54, 1.807) is 25.1 Å². The van der Waals surface area contributed by atoms with Crippen LogP contribution in [-0.4, -0.2) is 53.3 Å². The van der Waals surface area contributed by atoms with Crippen molar-refractivity contribution >= 4 is 35.2 Å². The van der Waals surface area contributed by atoms with Crippen molar-refractivity contribution in [2.75, 3.05) is 25.0 Å². The quantitative estimate of drug-likeness (QED) is 0.157. The summed E-state index contributed by atoms with van der Waals surface area (Å²) in [6.45, 7) is 0.884. The summed E-state index contributed by atoms with van der Waals surface area (Å²) in [5, 5.41) is 20.6. The lowest BCUT2D eigenvalue weighted by atomic mass is 10.2. The van der Waals surface area contributed by atoms with Crippen LogP contribution in [0.15, 0.2) is 60.6 Å². The molecular weight excluding hydrogens is 448 g/mol. The average molecular weight is 470 g/mol. The molecule has 0 fully saturated rings. The molecule has 0 bridgehead atoms. The fourth-order valence-electron chi connectivity index (χ4n) is 2.44. The third-order valence-electron chi connectivity index (χ3n) is 4.01. The van der Waals surface area contributed by atoms with Crippen molar-refractivity contribution in [3.8, 4) is 0 Å². The van der Waals surface area contributed by atoms with Gasteiger partial charge in [-0.05, 0) is 25.1 Å². The van der Waals surface area contributed by atoms with Gasteiger partial charge in [0.25, 0.3) is 11.8 Å². The third-order valence-corrected chi connectivity index (χ3v) is 4.01. The predicted octanol–water partition coefficient (Wildman–Crippen LogP) is 0.469. The standard InChI is InChI=1S/C21H22N6O7/c1-2-34-18(29)13-23-17(28)12-25-21(31)15(26-20(30)14-7-4-3-5-8-14)11-24-19-16(27(32)33)9-6-10-22-19/h3-11H,2,12-13H2,1H3,(H,22,24)(H,23,28)(H,25,31)(H,26,30)/b15-11+. The lowest BCUT2D eigenvalue weighted by Crippen LogP contribution is -2.42. The van der Waals surface area contributed by atoms with Crippen LogP contribution in [0.3, 0.4) is 0 Å². The molecule has 1 aromatic carbocycles. The molecule has 0 atom stereocenters. The van der Waals surface area contributed by atoms with Crippen LogP contribution in [0.25, 0.3) is 0 Å². The summed E-state index contributed by atoms with van der Waals surface area (Å²) in [5.74, 6) is -2.99. The number of nitrogens with one attached hydrogen (secondary N) is 4. The van der Waals surface area contributed by atoms with E-state index in [9.17, 15) is 29.3 Å². The summed E-state index contributed by atoms with van der Waals surface area (Å²) < 4.78 is 4.68. The van der Waals surface area contributed by atoms with Crippen molar-refractivity contribution in [1.29, 1.82) is 0 Å². The normalized spacial score (nSPS) is 10.6. The highest BCUT2D eigenvalue weighted by Gasteiger charge is 2.18. The number of carbonyl (C=O) groups is 4. The molecule has 0 saturated heterocycles. The van der Waals surface area contributed by atoms with Crippen molar-refractivity contribution in [2.45, 2.75) is 6.92 Å². The van der Waals surface area contributed by atoms with Crippen molar-refractivity contribution < 1.29 is 28.8 Å². The maximum absolute atomic E-state index is 12.6. The lowest BCUT2D eigenvalue weighted by molar-refractivity contribution is -0.384. The van der Waals surface area contributed by atoms with E-state index in [2.05, 4.69) is 31.0 Å². The van der Waals surface area contributed by atoms with Gasteiger partial charge in [-0.15, -0.1) is 0 Å². The second kappa shape index (κ2) is 12.9. The molecule has 0 aliphatic carbocycles. The van der Waals surface area contributed by atoms with Crippen molar-refractivity contribution in [3.05, 3.63) is 76.2 Å². The molecule has 3 amide bonds. The summed E-state index contributed by atoms with van der Waals surface area (Å²) >= 11 is 0. The van der Waals surface area contributed by atoms with Crippen LogP contribution in [-0.2, 0) is 19.1 Å². The third kappa shape index (κ3) is 8.03. The fraction of sp³-hybridized carbons (Fsp3) is 0.190. The van der Waals surface area contributed by atoms with Crippen LogP contribution < -0.4 is 21.3 Å². The van der Waals surface area contributed by atoms with E-state index in [0.717, 1.165) is 6.20 Å². The Balaban J connectivity index is 2.13. The summed E-state index contributed by atoms with van der Waals surface area (Å²) in [5.41, 5.74) is -0.449. The number of nitrogens with zero attached hydrogens (tertiary/aromatic N) is 2. The summed E-state index contributed by atoms with van der Waals surface area (Å²) in [6, 6.07) is 10.6. The Morgan fingerprint density at radius 2 is 1.79 bits per heavy atom. The number of hydrogen-bond acceptors (Lipinski definition) is 9. The SMILES string of the molecule is CCOC(=O)CNC(=O)CNC(=O)/C(=C\Nc1ncccc1[N+](=O)[O-])NC(=O)c1ccccc1. The predicted molar refractivity (Wildman–Crippen MR) is 119 cm³/mol. The molecule has 4 N–H and O–H groups in total. The van der Waals surface area contributed by atoms with E-state index in [1.165, 1.54) is 30.5 Å². The van der Waals surface area contributed by atoms with E-state index >= 15 is 0 Å². The van der Waals surface area contributed by atoms with Crippen molar-refractivity contribution in [2.24, 2.45) is 0 Å². The molecule has 1 aromatic heterocycles. The first-order chi connectivity index (χ1) is 16.3. The topological polar surface area (TPSA) is 182 Å². The first-order valence-corrected chi connectivity index (χ1v) is 9.94. The number of nitro groups is 1. The number of benzene rings is 1. The Kier molecular flexibility index (Phi) is 9.66. The zero-order valence-corrected chi connectivity index (χ0v) is 18.1. The molecule has 0 unspecified atom stereocenters. The minimum atomic E-state index is -0.873. The van der Waals surface area contributed by atoms with Gasteiger partial charge in [0.05, 0.1) is 18.1 Å². The van der Waals surface area contributed by atoms with Crippen molar-refractivity contribution in [3.63, 3.8) is 0 Å². The minimum Gasteiger partial charge on any atom is -0.465 e. The average Bonchev–Trinajstić information content (AvgIpc) is 2.84. The number of ether oxygens (including phenoxy) is 1. The highest BCUT2D eigenvalue weighted by Crippen LogP contribution is 2.20. The van der Waals surface area contributed by atoms with Gasteiger partial charge >= 0.3 is 11.7 Å². The van der Waals surface area contributed by atoms with Gasteiger partial charge in [0.15, 0.2) is 0 Å². The maximum atomic E-state index is 12.6. The van der Waals surface area contributed by atoms with Crippen LogP contribution in [0, 0.1) is 10.1 Å². The molecule has 0 aliphatic heterocycles. The minimum absolute atomic E-state index is 0.155. The van der Waals surface area contributed by atoms with Gasteiger partial charge in [-0.2, -0.15) is 0 Å². The molecule has 178 valence electrons.